The van der Waals surface area contributed by atoms with Crippen LogP contribution in [0.4, 0.5) is 10.5 Å². The number of rotatable bonds is 5. The quantitative estimate of drug-likeness (QED) is 0.597. The molecule has 1 unspecified atom stereocenters. The number of carbonyl (C=O) groups is 4. The molecule has 4 rings (SSSR count). The van der Waals surface area contributed by atoms with Gasteiger partial charge in [0.1, 0.15) is 16.8 Å². The highest BCUT2D eigenvalue weighted by atomic mass is 35.5. The topological polar surface area (TPSA) is 117 Å². The van der Waals surface area contributed by atoms with Crippen LogP contribution in [0.1, 0.15) is 34.3 Å². The maximum absolute atomic E-state index is 12.7. The van der Waals surface area contributed by atoms with Crippen molar-refractivity contribution in [3.8, 4) is 5.75 Å². The first-order valence-corrected chi connectivity index (χ1v) is 10.4. The molecule has 1 atom stereocenters. The Labute approximate surface area is 189 Å². The predicted molar refractivity (Wildman–Crippen MR) is 116 cm³/mol. The second-order valence-corrected chi connectivity index (χ2v) is 7.90. The van der Waals surface area contributed by atoms with Crippen LogP contribution in [0.15, 0.2) is 36.4 Å². The van der Waals surface area contributed by atoms with Gasteiger partial charge < -0.3 is 20.3 Å². The molecule has 0 radical (unpaired) electrons. The lowest BCUT2D eigenvalue weighted by Gasteiger charge is -2.29. The summed E-state index contributed by atoms with van der Waals surface area (Å²) in [5, 5.41) is 8.01. The largest absolute Gasteiger partial charge is 0.495 e. The lowest BCUT2D eigenvalue weighted by Crippen LogP contribution is -2.52. The van der Waals surface area contributed by atoms with Crippen LogP contribution >= 0.6 is 11.6 Å². The number of nitrogens with zero attached hydrogens (tertiary/aromatic N) is 1. The monoisotopic (exact) mass is 456 g/mol. The molecule has 0 spiro atoms. The minimum Gasteiger partial charge on any atom is -0.495 e. The number of piperidine rings is 1. The molecule has 166 valence electrons. The van der Waals surface area contributed by atoms with Gasteiger partial charge in [0, 0.05) is 25.1 Å². The molecule has 2 heterocycles. The van der Waals surface area contributed by atoms with Crippen molar-refractivity contribution in [2.75, 3.05) is 12.4 Å². The molecule has 1 saturated heterocycles. The zero-order valence-electron chi connectivity index (χ0n) is 17.2. The predicted octanol–water partition coefficient (Wildman–Crippen LogP) is 2.43. The molecule has 1 fully saturated rings. The lowest BCUT2D eigenvalue weighted by atomic mass is 10.0. The summed E-state index contributed by atoms with van der Waals surface area (Å²) in [4.78, 5) is 50.1. The minimum absolute atomic E-state index is 0.206. The molecule has 0 aromatic heterocycles. The summed E-state index contributed by atoms with van der Waals surface area (Å²) in [5.41, 5.74) is 2.51. The molecule has 0 bridgehead atoms. The fraction of sp³-hybridized carbons (Fsp3) is 0.273. The minimum atomic E-state index is -0.660. The normalized spacial score (nSPS) is 17.6. The molecule has 2 aromatic rings. The Balaban J connectivity index is 1.39. The highest BCUT2D eigenvalue weighted by Gasteiger charge is 2.39. The van der Waals surface area contributed by atoms with Crippen LogP contribution in [-0.4, -0.2) is 41.8 Å². The summed E-state index contributed by atoms with van der Waals surface area (Å²) in [5.74, 6) is -0.554. The van der Waals surface area contributed by atoms with E-state index in [1.807, 2.05) is 6.07 Å². The fourth-order valence-electron chi connectivity index (χ4n) is 3.85. The second-order valence-electron chi connectivity index (χ2n) is 7.52. The van der Waals surface area contributed by atoms with Crippen molar-refractivity contribution in [3.63, 3.8) is 0 Å². The van der Waals surface area contributed by atoms with E-state index in [0.29, 0.717) is 28.4 Å². The molecule has 2 aliphatic heterocycles. The van der Waals surface area contributed by atoms with E-state index in [-0.39, 0.29) is 31.3 Å². The molecule has 3 N–H and O–H groups in total. The molecule has 32 heavy (non-hydrogen) atoms. The molecule has 9 nitrogen and oxygen atoms in total. The summed E-state index contributed by atoms with van der Waals surface area (Å²) >= 11 is 6.19. The number of nitrogens with one attached hydrogen (secondary N) is 3. The lowest BCUT2D eigenvalue weighted by molar-refractivity contribution is -0.136. The molecule has 0 saturated carbocycles. The number of amides is 5. The van der Waals surface area contributed by atoms with Gasteiger partial charge in [-0.25, -0.2) is 4.79 Å². The van der Waals surface area contributed by atoms with Crippen LogP contribution in [0.2, 0.25) is 5.02 Å². The van der Waals surface area contributed by atoms with E-state index in [2.05, 4.69) is 16.0 Å². The fourth-order valence-corrected chi connectivity index (χ4v) is 4.10. The van der Waals surface area contributed by atoms with Crippen molar-refractivity contribution in [1.82, 2.24) is 15.5 Å². The van der Waals surface area contributed by atoms with E-state index in [4.69, 9.17) is 16.3 Å². The van der Waals surface area contributed by atoms with Gasteiger partial charge in [-0.15, -0.1) is 0 Å². The first kappa shape index (κ1) is 21.6. The zero-order valence-corrected chi connectivity index (χ0v) is 18.0. The number of fused-ring (bicyclic) bond motifs is 1. The van der Waals surface area contributed by atoms with E-state index in [1.165, 1.54) is 12.0 Å². The third-order valence-electron chi connectivity index (χ3n) is 5.47. The summed E-state index contributed by atoms with van der Waals surface area (Å²) in [6.45, 7) is 0.507. The molecule has 0 aliphatic carbocycles. The van der Waals surface area contributed by atoms with Crippen LogP contribution in [-0.2, 0) is 22.7 Å². The Morgan fingerprint density at radius 2 is 2.06 bits per heavy atom. The van der Waals surface area contributed by atoms with Crippen LogP contribution in [0, 0.1) is 0 Å². The van der Waals surface area contributed by atoms with Gasteiger partial charge in [-0.05, 0) is 35.7 Å². The second kappa shape index (κ2) is 8.88. The zero-order chi connectivity index (χ0) is 22.8. The maximum Gasteiger partial charge on any atom is 0.319 e. The molecular formula is C22H21ClN4O5. The van der Waals surface area contributed by atoms with E-state index in [9.17, 15) is 19.2 Å². The average molecular weight is 457 g/mol. The number of hydrogen-bond acceptors (Lipinski definition) is 5. The van der Waals surface area contributed by atoms with E-state index < -0.39 is 18.0 Å². The molecular weight excluding hydrogens is 436 g/mol. The summed E-state index contributed by atoms with van der Waals surface area (Å²) in [6, 6.07) is 9.24. The van der Waals surface area contributed by atoms with Gasteiger partial charge in [0.15, 0.2) is 0 Å². The van der Waals surface area contributed by atoms with E-state index in [1.54, 1.807) is 30.3 Å². The van der Waals surface area contributed by atoms with Crippen molar-refractivity contribution < 1.29 is 23.9 Å². The smallest absolute Gasteiger partial charge is 0.319 e. The summed E-state index contributed by atoms with van der Waals surface area (Å²) in [7, 11) is 1.49. The number of imide groups is 1. The van der Waals surface area contributed by atoms with E-state index >= 15 is 0 Å². The third-order valence-corrected chi connectivity index (χ3v) is 5.86. The van der Waals surface area contributed by atoms with Crippen LogP contribution in [0.25, 0.3) is 0 Å². The van der Waals surface area contributed by atoms with Gasteiger partial charge in [-0.1, -0.05) is 29.8 Å². The standard InChI is InChI=1S/C22H21ClN4O5/c1-32-17-4-2-3-15(19(17)23)25-22(31)24-10-12-5-6-14-13(9-12)11-27(21(14)30)16-7-8-18(28)26-20(16)29/h2-6,9,16H,7-8,10-11H2,1H3,(H2,24,25,31)(H,26,28,29). The van der Waals surface area contributed by atoms with Crippen molar-refractivity contribution in [3.05, 3.63) is 58.1 Å². The van der Waals surface area contributed by atoms with E-state index in [0.717, 1.165) is 11.1 Å². The van der Waals surface area contributed by atoms with Gasteiger partial charge in [0.2, 0.25) is 11.8 Å². The Morgan fingerprint density at radius 3 is 2.81 bits per heavy atom. The van der Waals surface area contributed by atoms with Crippen molar-refractivity contribution in [1.29, 1.82) is 0 Å². The Bertz CT molecular complexity index is 1120. The first-order valence-electron chi connectivity index (χ1n) is 10.0. The average Bonchev–Trinajstić information content (AvgIpc) is 3.09. The van der Waals surface area contributed by atoms with Gasteiger partial charge in [-0.2, -0.15) is 0 Å². The van der Waals surface area contributed by atoms with Crippen molar-refractivity contribution in [2.45, 2.75) is 32.0 Å². The number of halogens is 1. The first-order chi connectivity index (χ1) is 15.4. The number of ether oxygens (including phenoxy) is 1. The highest BCUT2D eigenvalue weighted by Crippen LogP contribution is 2.31. The number of urea groups is 1. The van der Waals surface area contributed by atoms with Gasteiger partial charge >= 0.3 is 6.03 Å². The molecule has 2 aromatic carbocycles. The van der Waals surface area contributed by atoms with Crippen LogP contribution in [0.3, 0.4) is 0 Å². The van der Waals surface area contributed by atoms with Gasteiger partial charge in [0.05, 0.1) is 12.8 Å². The number of methoxy groups -OCH3 is 1. The highest BCUT2D eigenvalue weighted by molar-refractivity contribution is 6.35. The Hall–Kier alpha value is -3.59. The van der Waals surface area contributed by atoms with Crippen LogP contribution < -0.4 is 20.7 Å². The Morgan fingerprint density at radius 1 is 1.25 bits per heavy atom. The van der Waals surface area contributed by atoms with Gasteiger partial charge in [-0.3, -0.25) is 19.7 Å². The Kier molecular flexibility index (Phi) is 6.00. The molecule has 10 heteroatoms. The third kappa shape index (κ3) is 4.24. The van der Waals surface area contributed by atoms with Crippen molar-refractivity contribution in [2.24, 2.45) is 0 Å². The number of anilines is 1. The molecule has 2 aliphatic rings. The molecule has 5 amide bonds. The summed E-state index contributed by atoms with van der Waals surface area (Å²) in [6.07, 6.45) is 0.518. The van der Waals surface area contributed by atoms with Gasteiger partial charge in [0.25, 0.3) is 5.91 Å². The maximum atomic E-state index is 12.7. The number of carbonyl (C=O) groups excluding carboxylic acids is 4. The SMILES string of the molecule is COc1cccc(NC(=O)NCc2ccc3c(c2)CN(C2CCC(=O)NC2=O)C3=O)c1Cl. The number of benzene rings is 2. The summed E-state index contributed by atoms with van der Waals surface area (Å²) < 4.78 is 5.14. The van der Waals surface area contributed by atoms with Crippen LogP contribution in [0.5, 0.6) is 5.75 Å². The van der Waals surface area contributed by atoms with Crippen molar-refractivity contribution >= 4 is 41.0 Å². The number of hydrogen-bond donors (Lipinski definition) is 3.